The maximum Gasteiger partial charge on any atom is 0.410 e. The number of ether oxygens (including phenoxy) is 1. The Balaban J connectivity index is 1.18. The van der Waals surface area contributed by atoms with E-state index in [0.717, 1.165) is 12.1 Å². The van der Waals surface area contributed by atoms with Crippen LogP contribution in [-0.4, -0.2) is 102 Å². The predicted octanol–water partition coefficient (Wildman–Crippen LogP) is 3.49. The summed E-state index contributed by atoms with van der Waals surface area (Å²) in [6.07, 6.45) is 4.95. The number of carbonyl (C=O) groups is 3. The lowest BCUT2D eigenvalue weighted by molar-refractivity contribution is 0.0126. The molecule has 2 aliphatic rings. The van der Waals surface area contributed by atoms with Crippen molar-refractivity contribution in [2.45, 2.75) is 44.9 Å². The van der Waals surface area contributed by atoms with Crippen molar-refractivity contribution in [2.24, 2.45) is 0 Å². The predicted molar refractivity (Wildman–Crippen MR) is 158 cm³/mol. The quantitative estimate of drug-likeness (QED) is 0.374. The molecule has 222 valence electrons. The molecule has 4 aromatic rings. The molecule has 2 unspecified atom stereocenters. The summed E-state index contributed by atoms with van der Waals surface area (Å²) in [5, 5.41) is 3.70. The molecule has 43 heavy (non-hydrogen) atoms. The Morgan fingerprint density at radius 3 is 2.21 bits per heavy atom. The third kappa shape index (κ3) is 5.45. The highest BCUT2D eigenvalue weighted by Crippen LogP contribution is 2.33. The number of likely N-dealkylation sites (tertiary alicyclic amines) is 2. The van der Waals surface area contributed by atoms with Gasteiger partial charge in [0.05, 0.1) is 17.6 Å². The summed E-state index contributed by atoms with van der Waals surface area (Å²) in [4.78, 5) is 61.5. The van der Waals surface area contributed by atoms with Crippen LogP contribution in [-0.2, 0) is 4.74 Å². The van der Waals surface area contributed by atoms with Gasteiger partial charge < -0.3 is 19.4 Å². The van der Waals surface area contributed by atoms with Crippen molar-refractivity contribution in [1.29, 1.82) is 0 Å². The molecule has 2 fully saturated rings. The first-order valence-corrected chi connectivity index (χ1v) is 14.0. The van der Waals surface area contributed by atoms with Crippen molar-refractivity contribution in [3.8, 4) is 5.69 Å². The van der Waals surface area contributed by atoms with Crippen LogP contribution in [0.3, 0.4) is 0 Å². The van der Waals surface area contributed by atoms with E-state index in [-0.39, 0.29) is 41.9 Å². The highest BCUT2D eigenvalue weighted by Gasteiger charge is 2.48. The first-order chi connectivity index (χ1) is 20.5. The largest absolute Gasteiger partial charge is 0.444 e. The van der Waals surface area contributed by atoms with E-state index in [1.54, 1.807) is 40.7 Å². The number of anilines is 2. The number of fused-ring (bicyclic) bond motifs is 3. The third-order valence-corrected chi connectivity index (χ3v) is 7.43. The number of aromatic nitrogens is 5. The summed E-state index contributed by atoms with van der Waals surface area (Å²) in [6.45, 7) is 6.40. The Morgan fingerprint density at radius 1 is 0.930 bits per heavy atom. The molecule has 2 saturated heterocycles. The van der Waals surface area contributed by atoms with E-state index in [9.17, 15) is 14.4 Å². The van der Waals surface area contributed by atoms with Gasteiger partial charge >= 0.3 is 6.09 Å². The van der Waals surface area contributed by atoms with Crippen LogP contribution in [0.2, 0.25) is 0 Å². The molecule has 2 atom stereocenters. The number of hydrogen-bond donors (Lipinski definition) is 1. The molecular formula is C30H33N9O4. The Hall–Kier alpha value is -5.07. The van der Waals surface area contributed by atoms with Crippen molar-refractivity contribution in [3.63, 3.8) is 0 Å². The lowest BCUT2D eigenvalue weighted by Crippen LogP contribution is -2.51. The van der Waals surface area contributed by atoms with Gasteiger partial charge in [0.2, 0.25) is 11.9 Å². The number of carbonyl (C=O) groups excluding carboxylic acids is 3. The van der Waals surface area contributed by atoms with Gasteiger partial charge in [0.15, 0.2) is 5.65 Å². The van der Waals surface area contributed by atoms with Gasteiger partial charge in [0.25, 0.3) is 11.8 Å². The van der Waals surface area contributed by atoms with Gasteiger partial charge in [-0.3, -0.25) is 19.5 Å². The van der Waals surface area contributed by atoms with Gasteiger partial charge in [-0.2, -0.15) is 4.98 Å². The standard InChI is InChI=1S/C30H33N9O4/c1-30(2,3)43-29(42)38-17-21-12-22(38)16-37(21)25(40)19-14-31-27(32-15-19)35-28-33-13-18-11-23(26(41)36(4)5)39(24(18)34-28)20-9-7-6-8-10-20/h6-11,13-15,21-22H,12,16-17H2,1-5H3,(H,31,32,33,34,35). The highest BCUT2D eigenvalue weighted by atomic mass is 16.6. The zero-order valence-corrected chi connectivity index (χ0v) is 24.7. The summed E-state index contributed by atoms with van der Waals surface area (Å²) < 4.78 is 7.31. The molecule has 6 rings (SSSR count). The molecule has 3 aromatic heterocycles. The maximum absolute atomic E-state index is 13.3. The van der Waals surface area contributed by atoms with Gasteiger partial charge in [-0.1, -0.05) is 18.2 Å². The molecule has 2 bridgehead atoms. The molecule has 1 N–H and O–H groups in total. The molecule has 3 amide bonds. The van der Waals surface area contributed by atoms with Crippen molar-refractivity contribution >= 4 is 40.8 Å². The maximum atomic E-state index is 13.3. The summed E-state index contributed by atoms with van der Waals surface area (Å²) in [6, 6.07) is 11.1. The average Bonchev–Trinajstić information content (AvgIpc) is 3.69. The van der Waals surface area contributed by atoms with Crippen molar-refractivity contribution in [2.75, 3.05) is 32.5 Å². The second kappa shape index (κ2) is 10.6. The lowest BCUT2D eigenvalue weighted by Gasteiger charge is -2.35. The number of nitrogens with zero attached hydrogens (tertiary/aromatic N) is 8. The van der Waals surface area contributed by atoms with Crippen LogP contribution < -0.4 is 5.32 Å². The van der Waals surface area contributed by atoms with Gasteiger partial charge in [-0.05, 0) is 45.4 Å². The number of benzene rings is 1. The third-order valence-electron chi connectivity index (χ3n) is 7.43. The number of rotatable bonds is 5. The monoisotopic (exact) mass is 583 g/mol. The first kappa shape index (κ1) is 28.1. The van der Waals surface area contributed by atoms with Crippen molar-refractivity contribution in [1.82, 2.24) is 39.2 Å². The highest BCUT2D eigenvalue weighted by molar-refractivity contribution is 5.99. The number of hydrogen-bond acceptors (Lipinski definition) is 9. The topological polar surface area (TPSA) is 139 Å². The molecule has 0 radical (unpaired) electrons. The van der Waals surface area contributed by atoms with E-state index >= 15 is 0 Å². The second-order valence-corrected chi connectivity index (χ2v) is 11.9. The average molecular weight is 584 g/mol. The van der Waals surface area contributed by atoms with Crippen LogP contribution in [0, 0.1) is 0 Å². The fourth-order valence-corrected chi connectivity index (χ4v) is 5.50. The van der Waals surface area contributed by atoms with Crippen LogP contribution >= 0.6 is 0 Å². The summed E-state index contributed by atoms with van der Waals surface area (Å²) >= 11 is 0. The van der Waals surface area contributed by atoms with Gasteiger partial charge in [0.1, 0.15) is 11.3 Å². The summed E-state index contributed by atoms with van der Waals surface area (Å²) in [5.74, 6) is 0.116. The Labute approximate surface area is 248 Å². The number of para-hydroxylation sites is 1. The zero-order valence-electron chi connectivity index (χ0n) is 24.7. The normalized spacial score (nSPS) is 17.8. The Kier molecular flexibility index (Phi) is 6.95. The first-order valence-electron chi connectivity index (χ1n) is 14.0. The number of piperazine rings is 1. The summed E-state index contributed by atoms with van der Waals surface area (Å²) in [5.41, 5.74) is 1.57. The molecule has 13 heteroatoms. The van der Waals surface area contributed by atoms with Crippen LogP contribution in [0.4, 0.5) is 16.7 Å². The smallest absolute Gasteiger partial charge is 0.410 e. The van der Waals surface area contributed by atoms with Gasteiger partial charge in [0, 0.05) is 56.8 Å². The van der Waals surface area contributed by atoms with E-state index in [2.05, 4.69) is 25.3 Å². The second-order valence-electron chi connectivity index (χ2n) is 11.9. The minimum Gasteiger partial charge on any atom is -0.444 e. The number of nitrogens with one attached hydrogen (secondary N) is 1. The fourth-order valence-electron chi connectivity index (χ4n) is 5.50. The molecule has 0 aliphatic carbocycles. The molecule has 1 aromatic carbocycles. The van der Waals surface area contributed by atoms with Gasteiger partial charge in [-0.25, -0.2) is 19.7 Å². The summed E-state index contributed by atoms with van der Waals surface area (Å²) in [7, 11) is 3.40. The van der Waals surface area contributed by atoms with E-state index in [1.165, 1.54) is 17.3 Å². The SMILES string of the molecule is CN(C)C(=O)c1cc2cnc(Nc3ncc(C(=O)N4CC5CC4CN5C(=O)OC(C)(C)C)cn3)nc2n1-c1ccccc1. The van der Waals surface area contributed by atoms with Crippen LogP contribution in [0.15, 0.2) is 55.0 Å². The molecule has 13 nitrogen and oxygen atoms in total. The fraction of sp³-hybridized carbons (Fsp3) is 0.367. The molecular weight excluding hydrogens is 550 g/mol. The Bertz CT molecular complexity index is 1700. The molecule has 0 spiro atoms. The van der Waals surface area contributed by atoms with Crippen molar-refractivity contribution in [3.05, 3.63) is 66.2 Å². The van der Waals surface area contributed by atoms with Crippen molar-refractivity contribution < 1.29 is 19.1 Å². The van der Waals surface area contributed by atoms with Crippen LogP contribution in [0.25, 0.3) is 16.7 Å². The molecule has 2 aliphatic heterocycles. The Morgan fingerprint density at radius 2 is 1.58 bits per heavy atom. The minimum absolute atomic E-state index is 0.0684. The minimum atomic E-state index is -0.571. The van der Waals surface area contributed by atoms with E-state index in [1.807, 2.05) is 51.1 Å². The van der Waals surface area contributed by atoms with Crippen LogP contribution in [0.5, 0.6) is 0 Å². The van der Waals surface area contributed by atoms with E-state index in [0.29, 0.717) is 35.4 Å². The van der Waals surface area contributed by atoms with Crippen LogP contribution in [0.1, 0.15) is 48.0 Å². The van der Waals surface area contributed by atoms with Gasteiger partial charge in [-0.15, -0.1) is 0 Å². The zero-order chi connectivity index (χ0) is 30.5. The molecule has 0 saturated carbocycles. The number of amides is 3. The molecule has 5 heterocycles. The lowest BCUT2D eigenvalue weighted by atomic mass is 10.2. The van der Waals surface area contributed by atoms with E-state index < -0.39 is 5.60 Å². The van der Waals surface area contributed by atoms with E-state index in [4.69, 9.17) is 4.74 Å².